The van der Waals surface area contributed by atoms with Gasteiger partial charge < -0.3 is 19.5 Å². The van der Waals surface area contributed by atoms with E-state index in [0.29, 0.717) is 19.4 Å². The van der Waals surface area contributed by atoms with E-state index in [-0.39, 0.29) is 24.7 Å². The molecule has 1 amide bonds. The van der Waals surface area contributed by atoms with Gasteiger partial charge in [0.15, 0.2) is 0 Å². The highest BCUT2D eigenvalue weighted by atomic mass is 19.4. The summed E-state index contributed by atoms with van der Waals surface area (Å²) in [7, 11) is 0. The summed E-state index contributed by atoms with van der Waals surface area (Å²) in [6.07, 6.45) is -4.65. The second kappa shape index (κ2) is 7.07. The molecule has 3 heterocycles. The predicted molar refractivity (Wildman–Crippen MR) is 83.5 cm³/mol. The minimum absolute atomic E-state index is 0.117. The molecule has 1 spiro atoms. The third kappa shape index (κ3) is 3.96. The molecule has 146 valence electrons. The molecule has 0 aromatic carbocycles. The maximum absolute atomic E-state index is 12.6. The number of hydrogen-bond donors (Lipinski definition) is 1. The van der Waals surface area contributed by atoms with Gasteiger partial charge in [-0.05, 0) is 25.8 Å². The number of ether oxygens (including phenoxy) is 2. The fraction of sp³-hybridized carbons (Fsp3) is 0.750. The number of amides is 1. The minimum atomic E-state index is -4.79. The number of alkyl halides is 3. The van der Waals surface area contributed by atoms with Crippen LogP contribution in [0.25, 0.3) is 0 Å². The number of nitrogens with zero attached hydrogens (tertiary/aromatic N) is 3. The van der Waals surface area contributed by atoms with E-state index in [2.05, 4.69) is 9.84 Å². The van der Waals surface area contributed by atoms with Crippen LogP contribution in [0, 0.1) is 6.92 Å². The van der Waals surface area contributed by atoms with Crippen LogP contribution in [-0.2, 0) is 9.47 Å². The lowest BCUT2D eigenvalue weighted by atomic mass is 9.87. The number of aliphatic hydroxyl groups excluding tert-OH is 1. The van der Waals surface area contributed by atoms with Gasteiger partial charge in [0.1, 0.15) is 0 Å². The zero-order valence-electron chi connectivity index (χ0n) is 14.4. The highest BCUT2D eigenvalue weighted by molar-refractivity contribution is 5.68. The largest absolute Gasteiger partial charge is 0.434 e. The third-order valence-corrected chi connectivity index (χ3v) is 5.01. The van der Waals surface area contributed by atoms with Crippen LogP contribution in [0.1, 0.15) is 31.0 Å². The molecule has 7 nitrogen and oxygen atoms in total. The highest BCUT2D eigenvalue weighted by Gasteiger charge is 2.46. The number of aryl methyl sites for hydroxylation is 1. The van der Waals surface area contributed by atoms with E-state index < -0.39 is 25.0 Å². The lowest BCUT2D eigenvalue weighted by Gasteiger charge is -2.38. The summed E-state index contributed by atoms with van der Waals surface area (Å²) in [6, 6.07) is 2.04. The van der Waals surface area contributed by atoms with E-state index in [4.69, 9.17) is 9.84 Å². The van der Waals surface area contributed by atoms with Crippen molar-refractivity contribution in [1.29, 1.82) is 0 Å². The van der Waals surface area contributed by atoms with E-state index in [1.165, 1.54) is 4.90 Å². The molecule has 3 rings (SSSR count). The Morgan fingerprint density at radius 1 is 1.50 bits per heavy atom. The molecule has 1 aromatic rings. The molecule has 2 saturated heterocycles. The van der Waals surface area contributed by atoms with Crippen LogP contribution >= 0.6 is 0 Å². The Kier molecular flexibility index (Phi) is 5.16. The molecule has 2 aliphatic rings. The first-order chi connectivity index (χ1) is 12.2. The number of hydrogen-bond acceptors (Lipinski definition) is 5. The van der Waals surface area contributed by atoms with Gasteiger partial charge in [0.05, 0.1) is 30.6 Å². The van der Waals surface area contributed by atoms with Crippen LogP contribution in [0.5, 0.6) is 0 Å². The number of carbonyl (C=O) groups is 1. The smallest absolute Gasteiger partial charge is 0.427 e. The van der Waals surface area contributed by atoms with Crippen LogP contribution in [-0.4, -0.2) is 70.1 Å². The van der Waals surface area contributed by atoms with Crippen LogP contribution < -0.4 is 0 Å². The molecule has 1 aromatic heterocycles. The number of carbonyl (C=O) groups excluding carboxylic acids is 1. The molecule has 0 saturated carbocycles. The Labute approximate surface area is 148 Å². The molecular formula is C16H22F3N3O4. The quantitative estimate of drug-likeness (QED) is 0.873. The van der Waals surface area contributed by atoms with Crippen molar-refractivity contribution in [2.75, 3.05) is 26.3 Å². The van der Waals surface area contributed by atoms with Crippen molar-refractivity contribution in [3.05, 3.63) is 18.0 Å². The average molecular weight is 377 g/mol. The summed E-state index contributed by atoms with van der Waals surface area (Å²) in [5.41, 5.74) is 0.536. The summed E-state index contributed by atoms with van der Waals surface area (Å²) >= 11 is 0. The molecule has 0 bridgehead atoms. The van der Waals surface area contributed by atoms with Crippen molar-refractivity contribution >= 4 is 6.09 Å². The Balaban J connectivity index is 1.53. The zero-order chi connectivity index (χ0) is 18.9. The average Bonchev–Trinajstić information content (AvgIpc) is 3.19. The van der Waals surface area contributed by atoms with Crippen molar-refractivity contribution in [2.45, 2.75) is 50.1 Å². The number of aliphatic hydroxyl groups is 1. The van der Waals surface area contributed by atoms with Gasteiger partial charge in [-0.3, -0.25) is 4.68 Å². The summed E-state index contributed by atoms with van der Waals surface area (Å²) in [5, 5.41) is 13.2. The summed E-state index contributed by atoms with van der Waals surface area (Å²) in [4.78, 5) is 13.2. The molecule has 2 atom stereocenters. The second-order valence-corrected chi connectivity index (χ2v) is 6.87. The number of aromatic nitrogens is 2. The third-order valence-electron chi connectivity index (χ3n) is 5.01. The van der Waals surface area contributed by atoms with Crippen LogP contribution in [0.2, 0.25) is 0 Å². The number of piperidine rings is 1. The summed E-state index contributed by atoms with van der Waals surface area (Å²) in [5.74, 6) is 0. The van der Waals surface area contributed by atoms with Crippen molar-refractivity contribution in [2.24, 2.45) is 0 Å². The van der Waals surface area contributed by atoms with E-state index in [9.17, 15) is 18.0 Å². The Hall–Kier alpha value is -1.81. The molecule has 26 heavy (non-hydrogen) atoms. The Morgan fingerprint density at radius 3 is 2.73 bits per heavy atom. The monoisotopic (exact) mass is 377 g/mol. The minimum Gasteiger partial charge on any atom is -0.434 e. The number of rotatable bonds is 3. The number of halogens is 3. The van der Waals surface area contributed by atoms with E-state index in [1.54, 1.807) is 0 Å². The van der Waals surface area contributed by atoms with Crippen LogP contribution in [0.15, 0.2) is 12.3 Å². The fourth-order valence-corrected chi connectivity index (χ4v) is 3.48. The Bertz CT molecular complexity index is 641. The van der Waals surface area contributed by atoms with Gasteiger partial charge in [-0.25, -0.2) is 4.79 Å². The maximum Gasteiger partial charge on any atom is 0.427 e. The van der Waals surface area contributed by atoms with Gasteiger partial charge in [0.25, 0.3) is 0 Å². The van der Waals surface area contributed by atoms with Gasteiger partial charge in [-0.2, -0.15) is 18.3 Å². The van der Waals surface area contributed by atoms with E-state index >= 15 is 0 Å². The van der Waals surface area contributed by atoms with Crippen molar-refractivity contribution in [3.63, 3.8) is 0 Å². The van der Waals surface area contributed by atoms with Crippen molar-refractivity contribution in [3.8, 4) is 0 Å². The van der Waals surface area contributed by atoms with E-state index in [1.807, 2.05) is 23.9 Å². The lowest BCUT2D eigenvalue weighted by Crippen LogP contribution is -2.49. The summed E-state index contributed by atoms with van der Waals surface area (Å²) in [6.45, 7) is 1.64. The van der Waals surface area contributed by atoms with Crippen molar-refractivity contribution in [1.82, 2.24) is 14.7 Å². The van der Waals surface area contributed by atoms with Gasteiger partial charge in [-0.1, -0.05) is 0 Å². The van der Waals surface area contributed by atoms with Gasteiger partial charge in [-0.15, -0.1) is 0 Å². The molecule has 0 radical (unpaired) electrons. The summed E-state index contributed by atoms with van der Waals surface area (Å²) < 4.78 is 50.1. The normalized spacial score (nSPS) is 24.0. The van der Waals surface area contributed by atoms with Crippen LogP contribution in [0.4, 0.5) is 18.0 Å². The first kappa shape index (κ1) is 19.0. The maximum atomic E-state index is 12.6. The topological polar surface area (TPSA) is 76.8 Å². The molecule has 0 aliphatic carbocycles. The molecule has 2 aliphatic heterocycles. The SMILES string of the molecule is Cc1ccn(C2COC3(CCN(C(=O)O[C@H](CO)C(F)(F)F)CC3)C2)n1. The van der Waals surface area contributed by atoms with Gasteiger partial charge in [0.2, 0.25) is 6.10 Å². The highest BCUT2D eigenvalue weighted by Crippen LogP contribution is 2.40. The van der Waals surface area contributed by atoms with Crippen LogP contribution in [0.3, 0.4) is 0 Å². The van der Waals surface area contributed by atoms with Crippen molar-refractivity contribution < 1.29 is 32.5 Å². The second-order valence-electron chi connectivity index (χ2n) is 6.87. The predicted octanol–water partition coefficient (Wildman–Crippen LogP) is 2.05. The lowest BCUT2D eigenvalue weighted by molar-refractivity contribution is -0.215. The zero-order valence-corrected chi connectivity index (χ0v) is 14.4. The standard InChI is InChI=1S/C16H22F3N3O4/c1-11-2-5-22(20-11)12-8-15(25-10-12)3-6-21(7-4-15)14(24)26-13(9-23)16(17,18)19/h2,5,12-13,23H,3-4,6-10H2,1H3/t12?,13-/m1/s1. The molecule has 10 heteroatoms. The van der Waals surface area contributed by atoms with Gasteiger partial charge >= 0.3 is 12.3 Å². The molecule has 2 fully saturated rings. The van der Waals surface area contributed by atoms with Gasteiger partial charge in [0, 0.05) is 25.7 Å². The number of likely N-dealkylation sites (tertiary alicyclic amines) is 1. The molecular weight excluding hydrogens is 355 g/mol. The Morgan fingerprint density at radius 2 is 2.19 bits per heavy atom. The molecule has 1 unspecified atom stereocenters. The first-order valence-electron chi connectivity index (χ1n) is 8.51. The van der Waals surface area contributed by atoms with E-state index in [0.717, 1.165) is 12.1 Å². The molecule has 1 N–H and O–H groups in total. The first-order valence-corrected chi connectivity index (χ1v) is 8.51. The fourth-order valence-electron chi connectivity index (χ4n) is 3.48.